The largest absolute Gasteiger partial charge is 0.496 e. The van der Waals surface area contributed by atoms with E-state index >= 15 is 0 Å². The van der Waals surface area contributed by atoms with Gasteiger partial charge in [-0.2, -0.15) is 0 Å². The van der Waals surface area contributed by atoms with E-state index < -0.39 is 0 Å². The van der Waals surface area contributed by atoms with E-state index in [1.807, 2.05) is 0 Å². The summed E-state index contributed by atoms with van der Waals surface area (Å²) in [5.74, 6) is 3.32. The van der Waals surface area contributed by atoms with Crippen LogP contribution >= 0.6 is 0 Å². The molecular formula is C23H31NO3. The molecule has 0 radical (unpaired) electrons. The van der Waals surface area contributed by atoms with Crippen molar-refractivity contribution in [3.05, 3.63) is 29.3 Å². The number of Topliss-reactive ketones (excluding diaryl/α,β-unsaturated/α-hetero) is 1. The van der Waals surface area contributed by atoms with Crippen molar-refractivity contribution >= 4 is 11.7 Å². The summed E-state index contributed by atoms with van der Waals surface area (Å²) in [5, 5.41) is 3.31. The fourth-order valence-corrected chi connectivity index (χ4v) is 6.46. The molecule has 1 atom stereocenters. The number of ether oxygens (including phenoxy) is 1. The van der Waals surface area contributed by atoms with Crippen LogP contribution in [0.4, 0.5) is 0 Å². The van der Waals surface area contributed by atoms with Gasteiger partial charge in [-0.05, 0) is 93.7 Å². The van der Waals surface area contributed by atoms with Gasteiger partial charge in [-0.1, -0.05) is 0 Å². The lowest BCUT2D eigenvalue weighted by molar-refractivity contribution is -0.125. The van der Waals surface area contributed by atoms with Gasteiger partial charge in [-0.15, -0.1) is 0 Å². The molecule has 0 spiro atoms. The van der Waals surface area contributed by atoms with Crippen LogP contribution in [0.15, 0.2) is 18.2 Å². The molecular weight excluding hydrogens is 338 g/mol. The third kappa shape index (κ3) is 3.51. The smallest absolute Gasteiger partial charge is 0.224 e. The molecule has 1 N–H and O–H groups in total. The van der Waals surface area contributed by atoms with E-state index in [1.165, 1.54) is 38.5 Å². The molecule has 5 rings (SSSR count). The summed E-state index contributed by atoms with van der Waals surface area (Å²) >= 11 is 0. The number of hydrogen-bond donors (Lipinski definition) is 1. The maximum absolute atomic E-state index is 12.8. The van der Waals surface area contributed by atoms with Gasteiger partial charge in [-0.3, -0.25) is 9.59 Å². The fraction of sp³-hybridized carbons (Fsp3) is 0.652. The van der Waals surface area contributed by atoms with E-state index in [0.29, 0.717) is 16.7 Å². The monoisotopic (exact) mass is 369 g/mol. The van der Waals surface area contributed by atoms with E-state index in [4.69, 9.17) is 4.74 Å². The van der Waals surface area contributed by atoms with Crippen molar-refractivity contribution in [2.45, 2.75) is 64.8 Å². The molecule has 4 nitrogen and oxygen atoms in total. The van der Waals surface area contributed by atoms with Crippen molar-refractivity contribution in [2.24, 2.45) is 23.2 Å². The lowest BCUT2D eigenvalue weighted by Crippen LogP contribution is -2.56. The third-order valence-electron chi connectivity index (χ3n) is 7.42. The molecule has 4 heteroatoms. The van der Waals surface area contributed by atoms with Crippen LogP contribution in [0.1, 0.15) is 68.3 Å². The summed E-state index contributed by atoms with van der Waals surface area (Å²) in [5.41, 5.74) is 1.70. The van der Waals surface area contributed by atoms with E-state index in [-0.39, 0.29) is 24.2 Å². The van der Waals surface area contributed by atoms with Gasteiger partial charge in [0.2, 0.25) is 5.91 Å². The number of rotatable bonds is 6. The lowest BCUT2D eigenvalue weighted by Gasteiger charge is -2.59. The van der Waals surface area contributed by atoms with Crippen LogP contribution in [0.25, 0.3) is 0 Å². The molecule has 1 aromatic rings. The normalized spacial score (nSPS) is 32.2. The molecule has 4 aliphatic carbocycles. The highest BCUT2D eigenvalue weighted by atomic mass is 16.5. The average molecular weight is 370 g/mol. The SMILES string of the molecule is COc1ccc(C(C)=O)cc1CC(=O)N[C@@H](C)C12CC3CC(CC(C3)C1)C2. The summed E-state index contributed by atoms with van der Waals surface area (Å²) in [6.45, 7) is 3.75. The minimum Gasteiger partial charge on any atom is -0.496 e. The topological polar surface area (TPSA) is 55.4 Å². The number of carbonyl (C=O) groups excluding carboxylic acids is 2. The molecule has 0 aliphatic heterocycles. The van der Waals surface area contributed by atoms with Gasteiger partial charge in [-0.25, -0.2) is 0 Å². The quantitative estimate of drug-likeness (QED) is 0.766. The zero-order valence-corrected chi connectivity index (χ0v) is 16.7. The Labute approximate surface area is 162 Å². The first kappa shape index (κ1) is 18.5. The Morgan fingerprint density at radius 1 is 1.15 bits per heavy atom. The minimum atomic E-state index is 0.00115. The molecule has 4 fully saturated rings. The average Bonchev–Trinajstić information content (AvgIpc) is 2.60. The molecule has 4 bridgehead atoms. The first-order valence-electron chi connectivity index (χ1n) is 10.4. The number of benzene rings is 1. The fourth-order valence-electron chi connectivity index (χ4n) is 6.46. The van der Waals surface area contributed by atoms with Gasteiger partial charge >= 0.3 is 0 Å². The second-order valence-corrected chi connectivity index (χ2v) is 9.33. The minimum absolute atomic E-state index is 0.00115. The molecule has 27 heavy (non-hydrogen) atoms. The van der Waals surface area contributed by atoms with Gasteiger partial charge in [0.25, 0.3) is 0 Å². The van der Waals surface area contributed by atoms with Gasteiger partial charge in [0.15, 0.2) is 5.78 Å². The van der Waals surface area contributed by atoms with Gasteiger partial charge in [0.1, 0.15) is 5.75 Å². The molecule has 0 saturated heterocycles. The maximum atomic E-state index is 12.8. The third-order valence-corrected chi connectivity index (χ3v) is 7.42. The van der Waals surface area contributed by atoms with E-state index in [2.05, 4.69) is 12.2 Å². The van der Waals surface area contributed by atoms with E-state index in [1.54, 1.807) is 32.2 Å². The number of ketones is 1. The van der Waals surface area contributed by atoms with Gasteiger partial charge in [0.05, 0.1) is 13.5 Å². The van der Waals surface area contributed by atoms with Crippen LogP contribution < -0.4 is 10.1 Å². The summed E-state index contributed by atoms with van der Waals surface area (Å²) in [6.07, 6.45) is 8.33. The van der Waals surface area contributed by atoms with Crippen molar-refractivity contribution in [3.63, 3.8) is 0 Å². The van der Waals surface area contributed by atoms with Crippen molar-refractivity contribution in [3.8, 4) is 5.75 Å². The Hall–Kier alpha value is -1.84. The van der Waals surface area contributed by atoms with Crippen LogP contribution in [0.2, 0.25) is 0 Å². The molecule has 1 amide bonds. The molecule has 0 heterocycles. The number of hydrogen-bond acceptors (Lipinski definition) is 3. The van der Waals surface area contributed by atoms with Crippen LogP contribution in [0.3, 0.4) is 0 Å². The Balaban J connectivity index is 1.45. The number of methoxy groups -OCH3 is 1. The lowest BCUT2D eigenvalue weighted by atomic mass is 9.48. The first-order valence-corrected chi connectivity index (χ1v) is 10.4. The highest BCUT2D eigenvalue weighted by Crippen LogP contribution is 2.61. The summed E-state index contributed by atoms with van der Waals surface area (Å²) < 4.78 is 5.40. The predicted molar refractivity (Wildman–Crippen MR) is 105 cm³/mol. The van der Waals surface area contributed by atoms with Crippen LogP contribution in [-0.4, -0.2) is 24.8 Å². The molecule has 4 aliphatic rings. The molecule has 1 aromatic carbocycles. The Kier molecular flexibility index (Phi) is 4.77. The van der Waals surface area contributed by atoms with Crippen molar-refractivity contribution in [1.82, 2.24) is 5.32 Å². The summed E-state index contributed by atoms with van der Waals surface area (Å²) in [7, 11) is 1.60. The van der Waals surface area contributed by atoms with Crippen molar-refractivity contribution in [1.29, 1.82) is 0 Å². The first-order chi connectivity index (χ1) is 12.9. The predicted octanol–water partition coefficient (Wildman–Crippen LogP) is 4.16. The summed E-state index contributed by atoms with van der Waals surface area (Å²) in [4.78, 5) is 24.5. The second-order valence-electron chi connectivity index (χ2n) is 9.33. The zero-order chi connectivity index (χ0) is 19.2. The Morgan fingerprint density at radius 3 is 2.26 bits per heavy atom. The van der Waals surface area contributed by atoms with Crippen LogP contribution in [0.5, 0.6) is 5.75 Å². The molecule has 0 aromatic heterocycles. The van der Waals surface area contributed by atoms with E-state index in [0.717, 1.165) is 23.3 Å². The molecule has 146 valence electrons. The molecule has 0 unspecified atom stereocenters. The number of carbonyl (C=O) groups is 2. The Morgan fingerprint density at radius 2 is 1.74 bits per heavy atom. The standard InChI is InChI=1S/C23H31NO3/c1-14(25)19-4-5-21(27-3)20(9-19)10-22(26)24-15(2)23-11-16-6-17(12-23)8-18(7-16)13-23/h4-5,9,15-18H,6-8,10-13H2,1-3H3,(H,24,26)/t15-,16?,17?,18?,23?/m0/s1. The number of nitrogens with one attached hydrogen (secondary N) is 1. The van der Waals surface area contributed by atoms with Crippen LogP contribution in [-0.2, 0) is 11.2 Å². The summed E-state index contributed by atoms with van der Waals surface area (Å²) in [6, 6.07) is 5.53. The Bertz CT molecular complexity index is 719. The number of amides is 1. The van der Waals surface area contributed by atoms with Gasteiger partial charge < -0.3 is 10.1 Å². The highest BCUT2D eigenvalue weighted by Gasteiger charge is 2.53. The molecule has 4 saturated carbocycles. The maximum Gasteiger partial charge on any atom is 0.224 e. The van der Waals surface area contributed by atoms with Crippen molar-refractivity contribution in [2.75, 3.05) is 7.11 Å². The highest BCUT2D eigenvalue weighted by molar-refractivity contribution is 5.94. The van der Waals surface area contributed by atoms with Crippen LogP contribution in [0, 0.1) is 23.2 Å². The van der Waals surface area contributed by atoms with E-state index in [9.17, 15) is 9.59 Å². The second kappa shape index (κ2) is 6.96. The van der Waals surface area contributed by atoms with Crippen molar-refractivity contribution < 1.29 is 14.3 Å². The van der Waals surface area contributed by atoms with Gasteiger partial charge in [0, 0.05) is 17.2 Å². The zero-order valence-electron chi connectivity index (χ0n) is 16.7.